The van der Waals surface area contributed by atoms with E-state index in [4.69, 9.17) is 36.8 Å². The van der Waals surface area contributed by atoms with Gasteiger partial charge >= 0.3 is 0 Å². The van der Waals surface area contributed by atoms with Gasteiger partial charge in [0.15, 0.2) is 5.76 Å². The summed E-state index contributed by atoms with van der Waals surface area (Å²) in [5.74, 6) is 3.06. The highest BCUT2D eigenvalue weighted by Crippen LogP contribution is 2.34. The van der Waals surface area contributed by atoms with Gasteiger partial charge in [-0.1, -0.05) is 49.2 Å². The monoisotopic (exact) mass is 549 g/mol. The van der Waals surface area contributed by atoms with Crippen molar-refractivity contribution in [1.82, 2.24) is 15.1 Å². The Morgan fingerprint density at radius 2 is 1.83 bits per heavy atom. The first-order chi connectivity index (χ1) is 17.0. The van der Waals surface area contributed by atoms with Crippen molar-refractivity contribution in [1.29, 1.82) is 0 Å². The second-order valence-corrected chi connectivity index (χ2v) is 10.2. The molecule has 1 fully saturated rings. The lowest BCUT2D eigenvalue weighted by Crippen LogP contribution is -2.34. The number of hydrogen-bond donors (Lipinski definition) is 0. The van der Waals surface area contributed by atoms with Crippen LogP contribution in [-0.4, -0.2) is 41.3 Å². The van der Waals surface area contributed by atoms with E-state index in [1.54, 1.807) is 0 Å². The van der Waals surface area contributed by atoms with E-state index in [1.165, 1.54) is 5.56 Å². The second-order valence-electron chi connectivity index (χ2n) is 9.37. The predicted octanol–water partition coefficient (Wildman–Crippen LogP) is 7.98. The Morgan fingerprint density at radius 3 is 2.56 bits per heavy atom. The zero-order chi connectivity index (χ0) is 24.4. The Morgan fingerprint density at radius 1 is 1.03 bits per heavy atom. The lowest BCUT2D eigenvalue weighted by molar-refractivity contribution is 0.193. The predicted molar refractivity (Wildman–Crippen MR) is 146 cm³/mol. The van der Waals surface area contributed by atoms with Crippen LogP contribution < -0.4 is 4.74 Å². The average molecular weight is 551 g/mol. The summed E-state index contributed by atoms with van der Waals surface area (Å²) >= 11 is 12.3. The van der Waals surface area contributed by atoms with Gasteiger partial charge in [0.2, 0.25) is 5.89 Å². The van der Waals surface area contributed by atoms with Gasteiger partial charge in [-0.25, -0.2) is 0 Å². The molecule has 0 radical (unpaired) electrons. The zero-order valence-electron chi connectivity index (χ0n) is 20.4. The maximum Gasteiger partial charge on any atom is 0.283 e. The van der Waals surface area contributed by atoms with Crippen molar-refractivity contribution in [2.75, 3.05) is 26.2 Å². The quantitative estimate of drug-likeness (QED) is 0.207. The van der Waals surface area contributed by atoms with E-state index < -0.39 is 0 Å². The third kappa shape index (κ3) is 6.00. The van der Waals surface area contributed by atoms with E-state index in [2.05, 4.69) is 21.2 Å². The van der Waals surface area contributed by atoms with Crippen molar-refractivity contribution in [3.05, 3.63) is 64.0 Å². The minimum Gasteiger partial charge on any atom is -0.493 e. The molecule has 0 N–H and O–H groups in total. The molecule has 1 saturated heterocycles. The molecule has 0 amide bonds. The summed E-state index contributed by atoms with van der Waals surface area (Å²) in [6.45, 7) is 7.84. The summed E-state index contributed by atoms with van der Waals surface area (Å²) in [4.78, 5) is 2.51. The topological polar surface area (TPSA) is 64.5 Å². The highest BCUT2D eigenvalue weighted by atomic mass is 35.5. The van der Waals surface area contributed by atoms with Gasteiger partial charge in [-0.05, 0) is 68.1 Å². The van der Waals surface area contributed by atoms with Crippen molar-refractivity contribution < 1.29 is 13.6 Å². The Balaban J connectivity index is 0.00000304. The molecule has 192 valence electrons. The third-order valence-corrected chi connectivity index (χ3v) is 7.28. The number of aromatic nitrogens is 2. The Kier molecular flexibility index (Phi) is 8.83. The van der Waals surface area contributed by atoms with E-state index in [1.807, 2.05) is 50.2 Å². The molecule has 1 aliphatic heterocycles. The maximum atomic E-state index is 6.21. The number of furan rings is 1. The Hall–Kier alpha value is -2.25. The number of rotatable bonds is 8. The van der Waals surface area contributed by atoms with E-state index in [9.17, 15) is 0 Å². The molecule has 0 saturated carbocycles. The lowest BCUT2D eigenvalue weighted by atomic mass is 9.89. The molecular formula is C27H30Cl3N3O3. The molecule has 0 spiro atoms. The molecule has 0 bridgehead atoms. The standard InChI is InChI=1S/C27H29Cl2N3O3.ClH/c1-17(2)26-30-31-27(35-26)25-16-20-23(5-3-6-24(20)34-25)33-14-4-11-32-12-9-18(10-13-32)19-7-8-21(28)22(29)15-19;/h3,5-8,15-18H,4,9-14H2,1-2H3;1H. The second kappa shape index (κ2) is 11.9. The van der Waals surface area contributed by atoms with Gasteiger partial charge < -0.3 is 18.5 Å². The largest absolute Gasteiger partial charge is 0.493 e. The summed E-state index contributed by atoms with van der Waals surface area (Å²) in [5.41, 5.74) is 2.03. The van der Waals surface area contributed by atoms with E-state index in [-0.39, 0.29) is 18.3 Å². The minimum absolute atomic E-state index is 0. The van der Waals surface area contributed by atoms with Crippen molar-refractivity contribution in [2.24, 2.45) is 0 Å². The first kappa shape index (κ1) is 26.8. The highest BCUT2D eigenvalue weighted by molar-refractivity contribution is 6.42. The van der Waals surface area contributed by atoms with Gasteiger partial charge in [0.05, 0.1) is 22.0 Å². The number of fused-ring (bicyclic) bond motifs is 1. The van der Waals surface area contributed by atoms with Gasteiger partial charge in [0.25, 0.3) is 5.89 Å². The highest BCUT2D eigenvalue weighted by Gasteiger charge is 2.21. The number of likely N-dealkylation sites (tertiary alicyclic amines) is 1. The molecule has 2 aromatic heterocycles. The van der Waals surface area contributed by atoms with Crippen LogP contribution in [0.3, 0.4) is 0 Å². The average Bonchev–Trinajstić information content (AvgIpc) is 3.52. The van der Waals surface area contributed by atoms with Gasteiger partial charge in [0.1, 0.15) is 11.3 Å². The van der Waals surface area contributed by atoms with Crippen molar-refractivity contribution in [2.45, 2.75) is 44.9 Å². The summed E-state index contributed by atoms with van der Waals surface area (Å²) in [6.07, 6.45) is 3.22. The SMILES string of the molecule is CC(C)c1nnc(-c2cc3c(OCCCN4CCC(c5ccc(Cl)c(Cl)c5)CC4)cccc3o2)o1.Cl. The first-order valence-corrected chi connectivity index (χ1v) is 12.9. The lowest BCUT2D eigenvalue weighted by Gasteiger charge is -2.32. The third-order valence-electron chi connectivity index (χ3n) is 6.55. The van der Waals surface area contributed by atoms with Crippen LogP contribution in [0, 0.1) is 0 Å². The zero-order valence-corrected chi connectivity index (χ0v) is 22.7. The summed E-state index contributed by atoms with van der Waals surface area (Å²) < 4.78 is 17.8. The summed E-state index contributed by atoms with van der Waals surface area (Å²) in [7, 11) is 0. The molecule has 4 aromatic rings. The van der Waals surface area contributed by atoms with Crippen LogP contribution in [0.15, 0.2) is 51.3 Å². The fourth-order valence-electron chi connectivity index (χ4n) is 4.56. The van der Waals surface area contributed by atoms with Crippen molar-refractivity contribution in [3.8, 4) is 17.4 Å². The molecular weight excluding hydrogens is 521 g/mol. The van der Waals surface area contributed by atoms with Gasteiger partial charge in [-0.2, -0.15) is 0 Å². The molecule has 5 rings (SSSR count). The number of halogens is 3. The Labute approximate surface area is 227 Å². The molecule has 36 heavy (non-hydrogen) atoms. The summed E-state index contributed by atoms with van der Waals surface area (Å²) in [6, 6.07) is 13.8. The van der Waals surface area contributed by atoms with Crippen LogP contribution in [-0.2, 0) is 0 Å². The number of nitrogens with zero attached hydrogens (tertiary/aromatic N) is 3. The number of piperidine rings is 1. The van der Waals surface area contributed by atoms with Crippen LogP contribution in [0.4, 0.5) is 0 Å². The number of hydrogen-bond acceptors (Lipinski definition) is 6. The number of ether oxygens (including phenoxy) is 1. The first-order valence-electron chi connectivity index (χ1n) is 12.1. The van der Waals surface area contributed by atoms with Crippen LogP contribution in [0.1, 0.15) is 56.4 Å². The smallest absolute Gasteiger partial charge is 0.283 e. The van der Waals surface area contributed by atoms with Crippen LogP contribution in [0.2, 0.25) is 10.0 Å². The molecule has 0 aliphatic carbocycles. The summed E-state index contributed by atoms with van der Waals surface area (Å²) in [5, 5.41) is 10.4. The van der Waals surface area contributed by atoms with E-state index >= 15 is 0 Å². The van der Waals surface area contributed by atoms with Crippen molar-refractivity contribution in [3.63, 3.8) is 0 Å². The molecule has 2 aromatic carbocycles. The van der Waals surface area contributed by atoms with Crippen LogP contribution in [0.25, 0.3) is 22.6 Å². The minimum atomic E-state index is 0. The maximum absolute atomic E-state index is 6.21. The van der Waals surface area contributed by atoms with Gasteiger partial charge in [-0.3, -0.25) is 0 Å². The molecule has 1 aliphatic rings. The molecule has 0 atom stereocenters. The fourth-order valence-corrected chi connectivity index (χ4v) is 4.87. The number of benzene rings is 2. The normalized spacial score (nSPS) is 14.9. The van der Waals surface area contributed by atoms with E-state index in [0.717, 1.165) is 55.6 Å². The molecule has 9 heteroatoms. The Bertz CT molecular complexity index is 1300. The van der Waals surface area contributed by atoms with Gasteiger partial charge in [0, 0.05) is 18.5 Å². The molecule has 6 nitrogen and oxygen atoms in total. The van der Waals surface area contributed by atoms with E-state index in [0.29, 0.717) is 40.1 Å². The van der Waals surface area contributed by atoms with Gasteiger partial charge in [-0.15, -0.1) is 22.6 Å². The molecule has 3 heterocycles. The van der Waals surface area contributed by atoms with Crippen LogP contribution >= 0.6 is 35.6 Å². The molecule has 0 unspecified atom stereocenters. The fraction of sp³-hybridized carbons (Fsp3) is 0.407. The van der Waals surface area contributed by atoms with Crippen LogP contribution in [0.5, 0.6) is 5.75 Å². The van der Waals surface area contributed by atoms with Crippen molar-refractivity contribution >= 4 is 46.6 Å².